The molecule has 0 atom stereocenters. The van der Waals surface area contributed by atoms with Crippen LogP contribution >= 0.6 is 22.6 Å². The second-order valence-corrected chi connectivity index (χ2v) is 8.34. The predicted octanol–water partition coefficient (Wildman–Crippen LogP) is 4.43. The van der Waals surface area contributed by atoms with Gasteiger partial charge in [-0.1, -0.05) is 40.3 Å². The number of hydrogen-bond acceptors (Lipinski definition) is 2. The van der Waals surface area contributed by atoms with Gasteiger partial charge in [-0.15, -0.1) is 0 Å². The number of aromatic nitrogens is 1. The first-order chi connectivity index (χ1) is 10.9. The van der Waals surface area contributed by atoms with Crippen molar-refractivity contribution >= 4 is 43.3 Å². The summed E-state index contributed by atoms with van der Waals surface area (Å²) in [6, 6.07) is 11.0. The number of nitrogens with one attached hydrogen (secondary N) is 1. The topological polar surface area (TPSA) is 49.9 Å². The zero-order valence-electron chi connectivity index (χ0n) is 12.4. The molecule has 6 heteroatoms. The van der Waals surface area contributed by atoms with Crippen LogP contribution in [0.1, 0.15) is 11.1 Å². The van der Waals surface area contributed by atoms with E-state index in [1.807, 2.05) is 6.92 Å². The summed E-state index contributed by atoms with van der Waals surface area (Å²) in [5.41, 5.74) is 2.28. The molecule has 0 spiro atoms. The first-order valence-corrected chi connectivity index (χ1v) is 10.1. The number of hydrogen-bond donors (Lipinski definition) is 1. The van der Waals surface area contributed by atoms with Crippen LogP contribution in [0.4, 0.5) is 4.39 Å². The average molecular weight is 443 g/mol. The maximum absolute atomic E-state index is 13.6. The van der Waals surface area contributed by atoms with E-state index in [1.165, 1.54) is 12.1 Å². The maximum Gasteiger partial charge on any atom is 0.222 e. The van der Waals surface area contributed by atoms with Crippen molar-refractivity contribution in [3.8, 4) is 0 Å². The molecule has 1 aromatic heterocycles. The number of H-pyrrole nitrogens is 1. The molecular formula is C17H15FINO2S. The minimum absolute atomic E-state index is 0.165. The Morgan fingerprint density at radius 1 is 1.13 bits per heavy atom. The molecule has 0 aliphatic heterocycles. The SMILES string of the molecule is Cc1ccc(S(=O)(=O)c2[nH]c3ccc(F)cc3c2CCI)cc1. The molecule has 0 radical (unpaired) electrons. The van der Waals surface area contributed by atoms with Gasteiger partial charge in [0.05, 0.1) is 4.90 Å². The van der Waals surface area contributed by atoms with E-state index in [0.717, 1.165) is 9.99 Å². The molecular weight excluding hydrogens is 428 g/mol. The zero-order chi connectivity index (χ0) is 16.6. The van der Waals surface area contributed by atoms with Crippen LogP contribution in [0.3, 0.4) is 0 Å². The molecule has 0 fully saturated rings. The lowest BCUT2D eigenvalue weighted by Crippen LogP contribution is -2.06. The minimum atomic E-state index is -3.66. The standard InChI is InChI=1S/C17H15FINO2S/c1-11-2-5-13(6-3-11)23(21,22)17-14(8-9-19)15-10-12(18)4-7-16(15)20-17/h2-7,10,20H,8-9H2,1H3. The molecule has 1 N–H and O–H groups in total. The van der Waals surface area contributed by atoms with E-state index in [4.69, 9.17) is 0 Å². The van der Waals surface area contributed by atoms with Gasteiger partial charge in [-0.3, -0.25) is 0 Å². The van der Waals surface area contributed by atoms with Crippen LogP contribution in [-0.2, 0) is 16.3 Å². The highest BCUT2D eigenvalue weighted by atomic mass is 127. The van der Waals surface area contributed by atoms with E-state index in [1.54, 1.807) is 30.3 Å². The van der Waals surface area contributed by atoms with Crippen molar-refractivity contribution in [2.24, 2.45) is 0 Å². The molecule has 0 unspecified atom stereocenters. The Bertz CT molecular complexity index is 962. The van der Waals surface area contributed by atoms with Crippen LogP contribution in [0.5, 0.6) is 0 Å². The molecule has 1 heterocycles. The summed E-state index contributed by atoms with van der Waals surface area (Å²) in [6.07, 6.45) is 0.560. The number of fused-ring (bicyclic) bond motifs is 1. The Hall–Kier alpha value is -1.41. The van der Waals surface area contributed by atoms with Crippen LogP contribution in [0.15, 0.2) is 52.4 Å². The molecule has 0 saturated carbocycles. The molecule has 0 bridgehead atoms. The lowest BCUT2D eigenvalue weighted by Gasteiger charge is -2.06. The number of benzene rings is 2. The molecule has 23 heavy (non-hydrogen) atoms. The van der Waals surface area contributed by atoms with Crippen molar-refractivity contribution in [3.05, 3.63) is 59.4 Å². The average Bonchev–Trinajstić information content (AvgIpc) is 2.87. The maximum atomic E-state index is 13.6. The third-order valence-corrected chi connectivity index (χ3v) is 6.09. The van der Waals surface area contributed by atoms with Crippen molar-refractivity contribution in [2.75, 3.05) is 4.43 Å². The Morgan fingerprint density at radius 2 is 1.83 bits per heavy atom. The lowest BCUT2D eigenvalue weighted by molar-refractivity contribution is 0.592. The first kappa shape index (κ1) is 16.4. The zero-order valence-corrected chi connectivity index (χ0v) is 15.4. The highest BCUT2D eigenvalue weighted by Crippen LogP contribution is 2.31. The fourth-order valence-electron chi connectivity index (χ4n) is 2.60. The second-order valence-electron chi connectivity index (χ2n) is 5.38. The number of sulfone groups is 1. The smallest absolute Gasteiger partial charge is 0.222 e. The summed E-state index contributed by atoms with van der Waals surface area (Å²) in [5.74, 6) is -0.370. The number of aryl methyl sites for hydroxylation is 2. The normalized spacial score (nSPS) is 12.0. The number of alkyl halides is 1. The van der Waals surface area contributed by atoms with E-state index < -0.39 is 9.84 Å². The number of aromatic amines is 1. The second kappa shape index (κ2) is 6.24. The van der Waals surface area contributed by atoms with Gasteiger partial charge in [0.25, 0.3) is 0 Å². The van der Waals surface area contributed by atoms with Crippen molar-refractivity contribution in [3.63, 3.8) is 0 Å². The molecule has 0 aliphatic carbocycles. The van der Waals surface area contributed by atoms with Crippen LogP contribution in [0.25, 0.3) is 10.9 Å². The van der Waals surface area contributed by atoms with E-state index in [-0.39, 0.29) is 15.7 Å². The summed E-state index contributed by atoms with van der Waals surface area (Å²) < 4.78 is 40.2. The monoisotopic (exact) mass is 443 g/mol. The Labute approximate surface area is 148 Å². The van der Waals surface area contributed by atoms with Gasteiger partial charge in [0.15, 0.2) is 0 Å². The van der Waals surface area contributed by atoms with Gasteiger partial charge in [-0.2, -0.15) is 0 Å². The van der Waals surface area contributed by atoms with Gasteiger partial charge < -0.3 is 4.98 Å². The Balaban J connectivity index is 2.25. The fourth-order valence-corrected chi connectivity index (χ4v) is 4.65. The molecule has 3 aromatic rings. The van der Waals surface area contributed by atoms with Crippen LogP contribution < -0.4 is 0 Å². The minimum Gasteiger partial charge on any atom is -0.345 e. The van der Waals surface area contributed by atoms with Crippen LogP contribution in [0, 0.1) is 12.7 Å². The highest BCUT2D eigenvalue weighted by Gasteiger charge is 2.25. The summed E-state index contributed by atoms with van der Waals surface area (Å²) in [6.45, 7) is 1.91. The van der Waals surface area contributed by atoms with Gasteiger partial charge in [0.2, 0.25) is 9.84 Å². The predicted molar refractivity (Wildman–Crippen MR) is 97.5 cm³/mol. The van der Waals surface area contributed by atoms with E-state index in [2.05, 4.69) is 27.6 Å². The molecule has 2 aromatic carbocycles. The lowest BCUT2D eigenvalue weighted by atomic mass is 10.1. The summed E-state index contributed by atoms with van der Waals surface area (Å²) in [5, 5.41) is 0.797. The van der Waals surface area contributed by atoms with Gasteiger partial charge in [0, 0.05) is 15.3 Å². The highest BCUT2D eigenvalue weighted by molar-refractivity contribution is 14.1. The van der Waals surface area contributed by atoms with Gasteiger partial charge >= 0.3 is 0 Å². The molecule has 0 aliphatic rings. The van der Waals surface area contributed by atoms with Gasteiger partial charge in [-0.25, -0.2) is 12.8 Å². The molecule has 0 saturated heterocycles. The van der Waals surface area contributed by atoms with Crippen LogP contribution in [-0.4, -0.2) is 17.8 Å². The fraction of sp³-hybridized carbons (Fsp3) is 0.176. The Kier molecular flexibility index (Phi) is 4.46. The van der Waals surface area contributed by atoms with Gasteiger partial charge in [0.1, 0.15) is 10.8 Å². The third-order valence-electron chi connectivity index (χ3n) is 3.77. The first-order valence-electron chi connectivity index (χ1n) is 7.11. The number of rotatable bonds is 4. The van der Waals surface area contributed by atoms with Gasteiger partial charge in [-0.05, 0) is 49.2 Å². The van der Waals surface area contributed by atoms with Crippen LogP contribution in [0.2, 0.25) is 0 Å². The van der Waals surface area contributed by atoms with Crippen molar-refractivity contribution in [1.29, 1.82) is 0 Å². The summed E-state index contributed by atoms with van der Waals surface area (Å²) in [4.78, 5) is 3.21. The number of halogens is 2. The third kappa shape index (κ3) is 3.01. The molecule has 3 nitrogen and oxygen atoms in total. The van der Waals surface area contributed by atoms with E-state index >= 15 is 0 Å². The Morgan fingerprint density at radius 3 is 2.48 bits per heavy atom. The largest absolute Gasteiger partial charge is 0.345 e. The quantitative estimate of drug-likeness (QED) is 0.480. The van der Waals surface area contributed by atoms with Crippen molar-refractivity contribution < 1.29 is 12.8 Å². The molecule has 120 valence electrons. The van der Waals surface area contributed by atoms with E-state index in [0.29, 0.717) is 22.9 Å². The van der Waals surface area contributed by atoms with E-state index in [9.17, 15) is 12.8 Å². The molecule has 0 amide bonds. The summed E-state index contributed by atoms with van der Waals surface area (Å²) in [7, 11) is -3.66. The van der Waals surface area contributed by atoms with Crippen molar-refractivity contribution in [1.82, 2.24) is 4.98 Å². The summed E-state index contributed by atoms with van der Waals surface area (Å²) >= 11 is 2.19. The molecule has 3 rings (SSSR count). The van der Waals surface area contributed by atoms with Crippen molar-refractivity contribution in [2.45, 2.75) is 23.3 Å².